The number of aryl methyl sites for hydroxylation is 2. The molecule has 0 radical (unpaired) electrons. The minimum atomic E-state index is -4.11. The van der Waals surface area contributed by atoms with Gasteiger partial charge in [-0.2, -0.15) is 0 Å². The Balaban J connectivity index is 1.71. The first-order valence-corrected chi connectivity index (χ1v) is 16.8. The van der Waals surface area contributed by atoms with E-state index in [1.807, 2.05) is 45.0 Å². The minimum absolute atomic E-state index is 0.0909. The smallest absolute Gasteiger partial charge is 0.264 e. The van der Waals surface area contributed by atoms with Gasteiger partial charge in [-0.15, -0.1) is 0 Å². The lowest BCUT2D eigenvalue weighted by molar-refractivity contribution is -0.140. The Hall–Kier alpha value is -3.17. The van der Waals surface area contributed by atoms with Crippen molar-refractivity contribution in [2.75, 3.05) is 10.8 Å². The number of nitrogens with one attached hydrogen (secondary N) is 1. The zero-order valence-electron chi connectivity index (χ0n) is 24.6. The van der Waals surface area contributed by atoms with Gasteiger partial charge in [0.2, 0.25) is 11.8 Å². The maximum atomic E-state index is 14.3. The summed E-state index contributed by atoms with van der Waals surface area (Å²) in [7, 11) is -4.11. The fourth-order valence-corrected chi connectivity index (χ4v) is 7.26. The highest BCUT2D eigenvalue weighted by Crippen LogP contribution is 2.28. The molecule has 2 amide bonds. The maximum absolute atomic E-state index is 14.3. The van der Waals surface area contributed by atoms with E-state index in [1.165, 1.54) is 6.42 Å². The predicted octanol–water partition coefficient (Wildman–Crippen LogP) is 6.52. The lowest BCUT2D eigenvalue weighted by atomic mass is 9.95. The third-order valence-electron chi connectivity index (χ3n) is 7.76. The van der Waals surface area contributed by atoms with E-state index in [1.54, 1.807) is 53.4 Å². The van der Waals surface area contributed by atoms with Crippen LogP contribution in [0.5, 0.6) is 0 Å². The Bertz CT molecular complexity index is 1490. The van der Waals surface area contributed by atoms with Crippen LogP contribution in [0, 0.1) is 13.8 Å². The van der Waals surface area contributed by atoms with E-state index in [4.69, 9.17) is 0 Å². The van der Waals surface area contributed by atoms with E-state index in [-0.39, 0.29) is 23.4 Å². The summed E-state index contributed by atoms with van der Waals surface area (Å²) in [6.45, 7) is 5.49. The van der Waals surface area contributed by atoms with Crippen LogP contribution in [0.25, 0.3) is 0 Å². The van der Waals surface area contributed by atoms with Crippen LogP contribution in [-0.4, -0.2) is 43.8 Å². The van der Waals surface area contributed by atoms with E-state index < -0.39 is 28.5 Å². The van der Waals surface area contributed by atoms with Gasteiger partial charge in [0.05, 0.1) is 10.6 Å². The topological polar surface area (TPSA) is 86.8 Å². The number of carbonyl (C=O) groups excluding carboxylic acids is 2. The number of rotatable bonds is 11. The molecule has 4 rings (SSSR count). The van der Waals surface area contributed by atoms with Crippen LogP contribution >= 0.6 is 15.9 Å². The summed E-state index contributed by atoms with van der Waals surface area (Å²) in [6.07, 6.45) is 5.58. The summed E-state index contributed by atoms with van der Waals surface area (Å²) in [4.78, 5) is 29.5. The van der Waals surface area contributed by atoms with Gasteiger partial charge in [-0.1, -0.05) is 95.7 Å². The SMILES string of the molecule is CC[C@@H](C(=O)NC1CCCCC1)N(Cc1cccc(C)c1)C(=O)CN(c1cccc(Br)c1)S(=O)(=O)c1ccc(C)cc1. The van der Waals surface area contributed by atoms with Gasteiger partial charge < -0.3 is 10.2 Å². The van der Waals surface area contributed by atoms with Gasteiger partial charge in [-0.3, -0.25) is 13.9 Å². The van der Waals surface area contributed by atoms with Crippen LogP contribution in [-0.2, 0) is 26.2 Å². The Labute approximate surface area is 258 Å². The molecule has 3 aromatic rings. The summed E-state index contributed by atoms with van der Waals surface area (Å²) in [5.74, 6) is -0.640. The summed E-state index contributed by atoms with van der Waals surface area (Å²) >= 11 is 3.44. The summed E-state index contributed by atoms with van der Waals surface area (Å²) in [6, 6.07) is 20.6. The molecule has 224 valence electrons. The van der Waals surface area contributed by atoms with Gasteiger partial charge in [-0.05, 0) is 69.0 Å². The Morgan fingerprint density at radius 3 is 2.26 bits per heavy atom. The number of nitrogens with zero attached hydrogens (tertiary/aromatic N) is 2. The Morgan fingerprint density at radius 2 is 1.62 bits per heavy atom. The molecule has 0 heterocycles. The second-order valence-corrected chi connectivity index (χ2v) is 13.9. The first kappa shape index (κ1) is 31.8. The molecule has 1 aliphatic rings. The monoisotopic (exact) mass is 653 g/mol. The Morgan fingerprint density at radius 1 is 0.929 bits per heavy atom. The van der Waals surface area contributed by atoms with Crippen LogP contribution in [0.15, 0.2) is 82.2 Å². The molecule has 1 saturated carbocycles. The standard InChI is InChI=1S/C33H40BrN3O4S/c1-4-31(33(39)35-28-13-6-5-7-14-28)36(22-26-11-8-10-25(3)20-26)32(38)23-37(29-15-9-12-27(34)21-29)42(40,41)30-18-16-24(2)17-19-30/h8-12,15-21,28,31H,4-7,13-14,22-23H2,1-3H3,(H,35,39)/t31-/m0/s1. The molecule has 9 heteroatoms. The number of amides is 2. The van der Waals surface area contributed by atoms with Crippen molar-refractivity contribution in [3.8, 4) is 0 Å². The van der Waals surface area contributed by atoms with E-state index in [9.17, 15) is 18.0 Å². The van der Waals surface area contributed by atoms with E-state index in [0.29, 0.717) is 16.6 Å². The Kier molecular flexibility index (Phi) is 10.8. The quantitative estimate of drug-likeness (QED) is 0.255. The fraction of sp³-hybridized carbons (Fsp3) is 0.394. The molecular weight excluding hydrogens is 614 g/mol. The van der Waals surface area contributed by atoms with E-state index in [0.717, 1.165) is 46.7 Å². The highest BCUT2D eigenvalue weighted by molar-refractivity contribution is 9.10. The van der Waals surface area contributed by atoms with Crippen molar-refractivity contribution < 1.29 is 18.0 Å². The van der Waals surface area contributed by atoms with Crippen molar-refractivity contribution >= 4 is 43.5 Å². The van der Waals surface area contributed by atoms with E-state index in [2.05, 4.69) is 21.2 Å². The van der Waals surface area contributed by atoms with Crippen LogP contribution < -0.4 is 9.62 Å². The highest BCUT2D eigenvalue weighted by atomic mass is 79.9. The molecule has 7 nitrogen and oxygen atoms in total. The van der Waals surface area contributed by atoms with Crippen LogP contribution in [0.1, 0.15) is 62.1 Å². The molecular formula is C33H40BrN3O4S. The van der Waals surface area contributed by atoms with Gasteiger partial charge in [-0.25, -0.2) is 8.42 Å². The summed E-state index contributed by atoms with van der Waals surface area (Å²) in [5.41, 5.74) is 3.20. The van der Waals surface area contributed by atoms with Gasteiger partial charge in [0.1, 0.15) is 12.6 Å². The van der Waals surface area contributed by atoms with Gasteiger partial charge in [0.15, 0.2) is 0 Å². The normalized spacial score (nSPS) is 14.7. The number of hydrogen-bond donors (Lipinski definition) is 1. The summed E-state index contributed by atoms with van der Waals surface area (Å²) in [5, 5.41) is 3.19. The zero-order chi connectivity index (χ0) is 30.3. The molecule has 0 unspecified atom stereocenters. The van der Waals surface area contributed by atoms with Crippen molar-refractivity contribution in [3.63, 3.8) is 0 Å². The fourth-order valence-electron chi connectivity index (χ4n) is 5.47. The molecule has 3 aromatic carbocycles. The minimum Gasteiger partial charge on any atom is -0.352 e. The number of carbonyl (C=O) groups is 2. The van der Waals surface area contributed by atoms with Gasteiger partial charge in [0, 0.05) is 17.1 Å². The molecule has 0 bridgehead atoms. The number of benzene rings is 3. The molecule has 0 saturated heterocycles. The number of halogens is 1. The highest BCUT2D eigenvalue weighted by Gasteiger charge is 2.34. The summed E-state index contributed by atoms with van der Waals surface area (Å²) < 4.78 is 29.9. The lowest BCUT2D eigenvalue weighted by Gasteiger charge is -2.34. The average Bonchev–Trinajstić information content (AvgIpc) is 2.96. The first-order chi connectivity index (χ1) is 20.1. The van der Waals surface area contributed by atoms with Crippen molar-refractivity contribution in [1.82, 2.24) is 10.2 Å². The number of sulfonamides is 1. The van der Waals surface area contributed by atoms with Crippen molar-refractivity contribution in [1.29, 1.82) is 0 Å². The second kappa shape index (κ2) is 14.3. The maximum Gasteiger partial charge on any atom is 0.264 e. The molecule has 1 N–H and O–H groups in total. The van der Waals surface area contributed by atoms with Crippen LogP contribution in [0.4, 0.5) is 5.69 Å². The van der Waals surface area contributed by atoms with Crippen molar-refractivity contribution in [2.45, 2.75) is 82.8 Å². The molecule has 1 fully saturated rings. The van der Waals surface area contributed by atoms with Crippen molar-refractivity contribution in [3.05, 3.63) is 94.0 Å². The van der Waals surface area contributed by atoms with Gasteiger partial charge in [0.25, 0.3) is 10.0 Å². The number of hydrogen-bond acceptors (Lipinski definition) is 4. The molecule has 0 spiro atoms. The molecule has 0 aromatic heterocycles. The van der Waals surface area contributed by atoms with Crippen LogP contribution in [0.3, 0.4) is 0 Å². The largest absolute Gasteiger partial charge is 0.352 e. The first-order valence-electron chi connectivity index (χ1n) is 14.6. The second-order valence-electron chi connectivity index (χ2n) is 11.1. The predicted molar refractivity (Wildman–Crippen MR) is 171 cm³/mol. The van der Waals surface area contributed by atoms with Crippen molar-refractivity contribution in [2.24, 2.45) is 0 Å². The zero-order valence-corrected chi connectivity index (χ0v) is 27.0. The number of anilines is 1. The lowest BCUT2D eigenvalue weighted by Crippen LogP contribution is -2.54. The third kappa shape index (κ3) is 8.01. The third-order valence-corrected chi connectivity index (χ3v) is 10.0. The average molecular weight is 655 g/mol. The van der Waals surface area contributed by atoms with Crippen LogP contribution in [0.2, 0.25) is 0 Å². The molecule has 1 aliphatic carbocycles. The van der Waals surface area contributed by atoms with Gasteiger partial charge >= 0.3 is 0 Å². The molecule has 0 aliphatic heterocycles. The molecule has 1 atom stereocenters. The molecule has 42 heavy (non-hydrogen) atoms. The van der Waals surface area contributed by atoms with E-state index >= 15 is 0 Å².